The molecule has 0 spiro atoms. The smallest absolute Gasteiger partial charge is 0.303 e. The highest BCUT2D eigenvalue weighted by molar-refractivity contribution is 5.69. The second-order valence-corrected chi connectivity index (χ2v) is 5.99. The molecule has 0 amide bonds. The van der Waals surface area contributed by atoms with Crippen LogP contribution in [-0.4, -0.2) is 48.8 Å². The fraction of sp³-hybridized carbons (Fsp3) is 0.400. The second kappa shape index (κ2) is 12.8. The number of rotatable bonds is 10. The highest BCUT2D eigenvalue weighted by atomic mass is 16.6. The summed E-state index contributed by atoms with van der Waals surface area (Å²) in [6, 6.07) is 8.87. The molecule has 0 unspecified atom stereocenters. The van der Waals surface area contributed by atoms with Gasteiger partial charge >= 0.3 is 23.9 Å². The number of azo groups is 1. The molecule has 3 atom stereocenters. The van der Waals surface area contributed by atoms with Crippen LogP contribution in [0.3, 0.4) is 0 Å². The van der Waals surface area contributed by atoms with Crippen molar-refractivity contribution in [2.75, 3.05) is 6.61 Å². The van der Waals surface area contributed by atoms with Crippen molar-refractivity contribution in [2.45, 2.75) is 46.0 Å². The zero-order valence-electron chi connectivity index (χ0n) is 17.1. The van der Waals surface area contributed by atoms with E-state index in [4.69, 9.17) is 18.9 Å². The Kier molecular flexibility index (Phi) is 10.5. The van der Waals surface area contributed by atoms with Gasteiger partial charge in [-0.15, -0.1) is 0 Å². The Labute approximate surface area is 173 Å². The normalized spacial score (nSPS) is 14.0. The zero-order chi connectivity index (χ0) is 22.5. The lowest BCUT2D eigenvalue weighted by Crippen LogP contribution is -2.46. The molecule has 10 nitrogen and oxygen atoms in total. The van der Waals surface area contributed by atoms with Crippen LogP contribution in [0.15, 0.2) is 52.8 Å². The molecule has 10 heteroatoms. The van der Waals surface area contributed by atoms with Gasteiger partial charge in [0.05, 0.1) is 5.69 Å². The summed E-state index contributed by atoms with van der Waals surface area (Å²) in [5, 5.41) is 7.83. The van der Waals surface area contributed by atoms with E-state index >= 15 is 0 Å². The molecule has 0 aliphatic rings. The van der Waals surface area contributed by atoms with Gasteiger partial charge in [-0.3, -0.25) is 19.2 Å². The fourth-order valence-electron chi connectivity index (χ4n) is 2.28. The number of benzene rings is 1. The van der Waals surface area contributed by atoms with Crippen LogP contribution in [0.5, 0.6) is 0 Å². The highest BCUT2D eigenvalue weighted by Gasteiger charge is 2.36. The van der Waals surface area contributed by atoms with Crippen molar-refractivity contribution in [3.8, 4) is 0 Å². The van der Waals surface area contributed by atoms with Crippen molar-refractivity contribution in [2.24, 2.45) is 10.2 Å². The van der Waals surface area contributed by atoms with Crippen LogP contribution in [0.1, 0.15) is 27.7 Å². The van der Waals surface area contributed by atoms with Gasteiger partial charge in [0.1, 0.15) is 6.61 Å². The maximum absolute atomic E-state index is 11.6. The van der Waals surface area contributed by atoms with Gasteiger partial charge in [0.2, 0.25) is 0 Å². The third-order valence-electron chi connectivity index (χ3n) is 3.33. The molecule has 0 aromatic heterocycles. The van der Waals surface area contributed by atoms with E-state index in [2.05, 4.69) is 10.2 Å². The summed E-state index contributed by atoms with van der Waals surface area (Å²) >= 11 is 0. The van der Waals surface area contributed by atoms with E-state index in [9.17, 15) is 19.2 Å². The molecule has 0 heterocycles. The van der Waals surface area contributed by atoms with Crippen molar-refractivity contribution in [3.63, 3.8) is 0 Å². The number of carbonyl (C=O) groups is 4. The van der Waals surface area contributed by atoms with Crippen LogP contribution in [0.2, 0.25) is 0 Å². The minimum atomic E-state index is -1.29. The maximum atomic E-state index is 11.6. The molecule has 30 heavy (non-hydrogen) atoms. The molecule has 0 aliphatic carbocycles. The van der Waals surface area contributed by atoms with E-state index in [1.165, 1.54) is 19.2 Å². The van der Waals surface area contributed by atoms with E-state index in [-0.39, 0.29) is 0 Å². The zero-order valence-corrected chi connectivity index (χ0v) is 17.1. The minimum absolute atomic E-state index is 0.413. The van der Waals surface area contributed by atoms with Crippen LogP contribution >= 0.6 is 0 Å². The third kappa shape index (κ3) is 10.1. The molecule has 0 N–H and O–H groups in total. The molecule has 0 fully saturated rings. The first-order valence-corrected chi connectivity index (χ1v) is 8.96. The Hall–Kier alpha value is -3.56. The Bertz CT molecular complexity index is 791. The lowest BCUT2D eigenvalue weighted by Gasteiger charge is -2.30. The number of esters is 4. The minimum Gasteiger partial charge on any atom is -0.462 e. The molecule has 0 radical (unpaired) electrons. The summed E-state index contributed by atoms with van der Waals surface area (Å²) in [4.78, 5) is 45.8. The van der Waals surface area contributed by atoms with Crippen molar-refractivity contribution in [1.29, 1.82) is 0 Å². The first kappa shape index (κ1) is 24.5. The SMILES string of the molecule is CC(=O)OC[C@@H](OC(C)=O)[C@@H](OC(C)=O)[C@@H](/C=C/N=Nc1ccccc1)OC(C)=O. The predicted octanol–water partition coefficient (Wildman–Crippen LogP) is 2.64. The molecular weight excluding hydrogens is 396 g/mol. The molecule has 1 rings (SSSR count). The van der Waals surface area contributed by atoms with Crippen molar-refractivity contribution in [3.05, 3.63) is 42.6 Å². The molecule has 0 bridgehead atoms. The Morgan fingerprint density at radius 3 is 2.00 bits per heavy atom. The quantitative estimate of drug-likeness (QED) is 0.321. The molecule has 162 valence electrons. The number of nitrogens with zero attached hydrogens (tertiary/aromatic N) is 2. The van der Waals surface area contributed by atoms with E-state index < -0.39 is 48.8 Å². The second-order valence-electron chi connectivity index (χ2n) is 5.99. The van der Waals surface area contributed by atoms with E-state index in [0.717, 1.165) is 20.8 Å². The largest absolute Gasteiger partial charge is 0.462 e. The molecule has 0 aliphatic heterocycles. The van der Waals surface area contributed by atoms with Crippen LogP contribution in [0.4, 0.5) is 5.69 Å². The third-order valence-corrected chi connectivity index (χ3v) is 3.33. The summed E-state index contributed by atoms with van der Waals surface area (Å²) in [6.07, 6.45) is -1.16. The first-order valence-electron chi connectivity index (χ1n) is 8.96. The van der Waals surface area contributed by atoms with Crippen LogP contribution in [0, 0.1) is 0 Å². The summed E-state index contributed by atoms with van der Waals surface area (Å²) in [7, 11) is 0. The van der Waals surface area contributed by atoms with Crippen LogP contribution in [0.25, 0.3) is 0 Å². The van der Waals surface area contributed by atoms with Gasteiger partial charge in [-0.2, -0.15) is 10.2 Å². The standard InChI is InChI=1S/C20H24N2O8/c1-13(23)27-12-19(29-15(3)25)20(30-16(4)26)18(28-14(2)24)10-11-21-22-17-8-6-5-7-9-17/h5-11,18-20H,12H2,1-4H3/b11-10+,22-21?/t18-,19-,20+/m1/s1. The van der Waals surface area contributed by atoms with Gasteiger partial charge in [-0.1, -0.05) is 18.2 Å². The molecule has 0 saturated heterocycles. The van der Waals surface area contributed by atoms with Crippen molar-refractivity contribution >= 4 is 29.6 Å². The molecule has 1 aromatic rings. The maximum Gasteiger partial charge on any atom is 0.303 e. The average Bonchev–Trinajstić information content (AvgIpc) is 2.66. The molecular formula is C20H24N2O8. The van der Waals surface area contributed by atoms with Gasteiger partial charge in [0.15, 0.2) is 18.3 Å². The summed E-state index contributed by atoms with van der Waals surface area (Å²) in [5.74, 6) is -2.75. The summed E-state index contributed by atoms with van der Waals surface area (Å²) in [5.41, 5.74) is 0.593. The Balaban J connectivity index is 3.14. The topological polar surface area (TPSA) is 130 Å². The van der Waals surface area contributed by atoms with Gasteiger partial charge in [0.25, 0.3) is 0 Å². The van der Waals surface area contributed by atoms with Crippen molar-refractivity contribution < 1.29 is 38.1 Å². The number of hydrogen-bond acceptors (Lipinski definition) is 10. The fourth-order valence-corrected chi connectivity index (χ4v) is 2.28. The van der Waals surface area contributed by atoms with E-state index in [0.29, 0.717) is 5.69 Å². The van der Waals surface area contributed by atoms with E-state index in [1.807, 2.05) is 6.07 Å². The predicted molar refractivity (Wildman–Crippen MR) is 103 cm³/mol. The van der Waals surface area contributed by atoms with E-state index in [1.54, 1.807) is 24.3 Å². The van der Waals surface area contributed by atoms with Gasteiger partial charge in [0, 0.05) is 33.9 Å². The molecule has 1 aromatic carbocycles. The number of hydrogen-bond donors (Lipinski definition) is 0. The molecule has 0 saturated carbocycles. The van der Waals surface area contributed by atoms with Crippen LogP contribution < -0.4 is 0 Å². The number of ether oxygens (including phenoxy) is 4. The number of carbonyl (C=O) groups excluding carboxylic acids is 4. The van der Waals surface area contributed by atoms with Crippen LogP contribution in [-0.2, 0) is 38.1 Å². The first-order chi connectivity index (χ1) is 14.2. The summed E-state index contributed by atoms with van der Waals surface area (Å²) < 4.78 is 20.4. The highest BCUT2D eigenvalue weighted by Crippen LogP contribution is 2.17. The average molecular weight is 420 g/mol. The van der Waals surface area contributed by atoms with Crippen molar-refractivity contribution in [1.82, 2.24) is 0 Å². The monoisotopic (exact) mass is 420 g/mol. The summed E-state index contributed by atoms with van der Waals surface area (Å²) in [6.45, 7) is 4.18. The Morgan fingerprint density at radius 1 is 0.867 bits per heavy atom. The Morgan fingerprint density at radius 2 is 1.47 bits per heavy atom. The van der Waals surface area contributed by atoms with Gasteiger partial charge in [-0.25, -0.2) is 0 Å². The van der Waals surface area contributed by atoms with Gasteiger partial charge in [-0.05, 0) is 18.2 Å². The lowest BCUT2D eigenvalue weighted by molar-refractivity contribution is -0.185. The van der Waals surface area contributed by atoms with Gasteiger partial charge < -0.3 is 18.9 Å². The lowest BCUT2D eigenvalue weighted by atomic mass is 10.1.